The summed E-state index contributed by atoms with van der Waals surface area (Å²) >= 11 is 0. The maximum absolute atomic E-state index is 12.2. The molecule has 2 amide bonds. The first kappa shape index (κ1) is 15.8. The molecular weight excluding hydrogens is 322 g/mol. The molecule has 132 valence electrons. The Balaban J connectivity index is 1.57. The number of anilines is 1. The predicted molar refractivity (Wildman–Crippen MR) is 90.8 cm³/mol. The molecule has 4 rings (SSSR count). The van der Waals surface area contributed by atoms with Crippen molar-refractivity contribution >= 4 is 28.8 Å². The lowest BCUT2D eigenvalue weighted by Gasteiger charge is -2.17. The van der Waals surface area contributed by atoms with Gasteiger partial charge in [0.05, 0.1) is 0 Å². The van der Waals surface area contributed by atoms with Gasteiger partial charge in [0.15, 0.2) is 17.0 Å². The second-order valence-electron chi connectivity index (χ2n) is 6.63. The SMILES string of the molecule is CCn1c(C(N)=O)nc2c(N[C@H]3CCN(C(=O)C4CC4)C3)ncnc21. The largest absolute Gasteiger partial charge is 0.364 e. The van der Waals surface area contributed by atoms with Gasteiger partial charge < -0.3 is 20.5 Å². The monoisotopic (exact) mass is 343 g/mol. The van der Waals surface area contributed by atoms with Crippen LogP contribution >= 0.6 is 0 Å². The Kier molecular flexibility index (Phi) is 3.78. The van der Waals surface area contributed by atoms with Crippen LogP contribution in [0.2, 0.25) is 0 Å². The molecule has 1 aliphatic carbocycles. The van der Waals surface area contributed by atoms with Gasteiger partial charge in [0.25, 0.3) is 5.91 Å². The van der Waals surface area contributed by atoms with E-state index >= 15 is 0 Å². The van der Waals surface area contributed by atoms with Crippen LogP contribution < -0.4 is 11.1 Å². The van der Waals surface area contributed by atoms with Crippen LogP contribution in [0.4, 0.5) is 5.82 Å². The van der Waals surface area contributed by atoms with E-state index in [0.29, 0.717) is 30.1 Å². The molecule has 9 nitrogen and oxygen atoms in total. The molecule has 0 spiro atoms. The normalized spacial score (nSPS) is 20.2. The highest BCUT2D eigenvalue weighted by atomic mass is 16.2. The Labute approximate surface area is 144 Å². The Morgan fingerprint density at radius 2 is 2.12 bits per heavy atom. The zero-order chi connectivity index (χ0) is 17.6. The number of likely N-dealkylation sites (tertiary alicyclic amines) is 1. The number of carbonyl (C=O) groups is 2. The van der Waals surface area contributed by atoms with Gasteiger partial charge in [0.1, 0.15) is 6.33 Å². The number of nitrogens with one attached hydrogen (secondary N) is 1. The van der Waals surface area contributed by atoms with Crippen molar-refractivity contribution in [2.75, 3.05) is 18.4 Å². The van der Waals surface area contributed by atoms with Crippen molar-refractivity contribution in [2.45, 2.75) is 38.8 Å². The van der Waals surface area contributed by atoms with Crippen LogP contribution in [-0.4, -0.2) is 55.4 Å². The first-order valence-corrected chi connectivity index (χ1v) is 8.64. The molecule has 0 aromatic carbocycles. The van der Waals surface area contributed by atoms with Crippen molar-refractivity contribution in [2.24, 2.45) is 11.7 Å². The van der Waals surface area contributed by atoms with Crippen LogP contribution in [0, 0.1) is 5.92 Å². The van der Waals surface area contributed by atoms with Crippen LogP contribution in [-0.2, 0) is 11.3 Å². The summed E-state index contributed by atoms with van der Waals surface area (Å²) in [5, 5.41) is 3.36. The summed E-state index contributed by atoms with van der Waals surface area (Å²) in [5.74, 6) is 0.669. The first-order valence-electron chi connectivity index (χ1n) is 8.64. The highest BCUT2D eigenvalue weighted by Gasteiger charge is 2.36. The quantitative estimate of drug-likeness (QED) is 0.809. The summed E-state index contributed by atoms with van der Waals surface area (Å²) < 4.78 is 1.68. The summed E-state index contributed by atoms with van der Waals surface area (Å²) in [7, 11) is 0. The minimum atomic E-state index is -0.590. The molecule has 2 aromatic heterocycles. The van der Waals surface area contributed by atoms with E-state index in [1.807, 2.05) is 11.8 Å². The molecule has 1 saturated heterocycles. The maximum atomic E-state index is 12.2. The molecule has 2 fully saturated rings. The number of nitrogens with two attached hydrogens (primary N) is 1. The Bertz CT molecular complexity index is 842. The number of aromatic nitrogens is 4. The van der Waals surface area contributed by atoms with Gasteiger partial charge >= 0.3 is 0 Å². The fraction of sp³-hybridized carbons (Fsp3) is 0.562. The molecule has 25 heavy (non-hydrogen) atoms. The molecule has 9 heteroatoms. The number of fused-ring (bicyclic) bond motifs is 1. The minimum absolute atomic E-state index is 0.115. The van der Waals surface area contributed by atoms with Crippen molar-refractivity contribution in [3.63, 3.8) is 0 Å². The van der Waals surface area contributed by atoms with Gasteiger partial charge in [-0.1, -0.05) is 0 Å². The highest BCUT2D eigenvalue weighted by molar-refractivity contribution is 5.95. The lowest BCUT2D eigenvalue weighted by molar-refractivity contribution is -0.131. The number of hydrogen-bond acceptors (Lipinski definition) is 6. The van der Waals surface area contributed by atoms with Crippen molar-refractivity contribution in [1.82, 2.24) is 24.4 Å². The summed E-state index contributed by atoms with van der Waals surface area (Å²) in [6.07, 6.45) is 4.35. The number of imidazole rings is 1. The van der Waals surface area contributed by atoms with Crippen molar-refractivity contribution in [3.05, 3.63) is 12.2 Å². The molecule has 3 heterocycles. The maximum Gasteiger partial charge on any atom is 0.284 e. The zero-order valence-corrected chi connectivity index (χ0v) is 14.1. The van der Waals surface area contributed by atoms with E-state index in [2.05, 4.69) is 20.3 Å². The number of carbonyl (C=O) groups excluding carboxylic acids is 2. The van der Waals surface area contributed by atoms with Gasteiger partial charge in [0, 0.05) is 31.6 Å². The van der Waals surface area contributed by atoms with Gasteiger partial charge in [-0.15, -0.1) is 0 Å². The smallest absolute Gasteiger partial charge is 0.284 e. The van der Waals surface area contributed by atoms with Crippen LogP contribution in [0.15, 0.2) is 6.33 Å². The van der Waals surface area contributed by atoms with E-state index in [1.165, 1.54) is 6.33 Å². The third-order valence-electron chi connectivity index (χ3n) is 4.84. The van der Waals surface area contributed by atoms with Crippen molar-refractivity contribution in [3.8, 4) is 0 Å². The number of aryl methyl sites for hydroxylation is 1. The molecule has 1 aliphatic heterocycles. The molecule has 2 aliphatic rings. The molecule has 1 saturated carbocycles. The molecule has 0 radical (unpaired) electrons. The van der Waals surface area contributed by atoms with E-state index in [-0.39, 0.29) is 23.7 Å². The Morgan fingerprint density at radius 3 is 2.80 bits per heavy atom. The lowest BCUT2D eigenvalue weighted by atomic mass is 10.2. The van der Waals surface area contributed by atoms with E-state index in [4.69, 9.17) is 5.73 Å². The molecule has 2 aromatic rings. The lowest BCUT2D eigenvalue weighted by Crippen LogP contribution is -2.32. The molecular formula is C16H21N7O2. The number of amides is 2. The Morgan fingerprint density at radius 1 is 1.32 bits per heavy atom. The third kappa shape index (κ3) is 2.79. The zero-order valence-electron chi connectivity index (χ0n) is 14.1. The highest BCUT2D eigenvalue weighted by Crippen LogP contribution is 2.32. The van der Waals surface area contributed by atoms with Gasteiger partial charge in [0.2, 0.25) is 11.7 Å². The summed E-state index contributed by atoms with van der Waals surface area (Å²) in [6, 6.07) is 0.115. The molecule has 1 atom stereocenters. The third-order valence-corrected chi connectivity index (χ3v) is 4.84. The van der Waals surface area contributed by atoms with Crippen molar-refractivity contribution < 1.29 is 9.59 Å². The number of hydrogen-bond donors (Lipinski definition) is 2. The van der Waals surface area contributed by atoms with E-state index in [0.717, 1.165) is 25.8 Å². The fourth-order valence-electron chi connectivity index (χ4n) is 3.39. The Hall–Kier alpha value is -2.71. The van der Waals surface area contributed by atoms with E-state index < -0.39 is 5.91 Å². The molecule has 0 unspecified atom stereocenters. The number of primary amides is 1. The minimum Gasteiger partial charge on any atom is -0.364 e. The topological polar surface area (TPSA) is 119 Å². The van der Waals surface area contributed by atoms with Crippen molar-refractivity contribution in [1.29, 1.82) is 0 Å². The second kappa shape index (κ2) is 5.98. The van der Waals surface area contributed by atoms with Crippen LogP contribution in [0.1, 0.15) is 36.8 Å². The second-order valence-corrected chi connectivity index (χ2v) is 6.63. The first-order chi connectivity index (χ1) is 12.1. The van der Waals surface area contributed by atoms with Crippen LogP contribution in [0.25, 0.3) is 11.2 Å². The van der Waals surface area contributed by atoms with Gasteiger partial charge in [-0.2, -0.15) is 0 Å². The standard InChI is InChI=1S/C16H21N7O2/c1-2-23-14-11(21-15(23)12(17)24)13(18-8-19-14)20-10-5-6-22(7-10)16(25)9-3-4-9/h8-10H,2-7H2,1H3,(H2,17,24)(H,18,19,20)/t10-/m0/s1. The van der Waals surface area contributed by atoms with Gasteiger partial charge in [-0.25, -0.2) is 15.0 Å². The summed E-state index contributed by atoms with van der Waals surface area (Å²) in [5.41, 5.74) is 6.53. The van der Waals surface area contributed by atoms with Crippen LogP contribution in [0.3, 0.4) is 0 Å². The van der Waals surface area contributed by atoms with E-state index in [9.17, 15) is 9.59 Å². The molecule has 3 N–H and O–H groups in total. The molecule has 0 bridgehead atoms. The fourth-order valence-corrected chi connectivity index (χ4v) is 3.39. The number of nitrogens with zero attached hydrogens (tertiary/aromatic N) is 5. The average molecular weight is 343 g/mol. The van der Waals surface area contributed by atoms with Gasteiger partial charge in [-0.3, -0.25) is 9.59 Å². The summed E-state index contributed by atoms with van der Waals surface area (Å²) in [6.45, 7) is 3.87. The number of rotatable bonds is 5. The average Bonchev–Trinajstić information content (AvgIpc) is 3.22. The van der Waals surface area contributed by atoms with Crippen LogP contribution in [0.5, 0.6) is 0 Å². The van der Waals surface area contributed by atoms with Gasteiger partial charge in [-0.05, 0) is 26.2 Å². The predicted octanol–water partition coefficient (Wildman–Crippen LogP) is 0.368. The summed E-state index contributed by atoms with van der Waals surface area (Å²) in [4.78, 5) is 38.6. The van der Waals surface area contributed by atoms with E-state index in [1.54, 1.807) is 4.57 Å².